The van der Waals surface area contributed by atoms with Crippen LogP contribution in [0.2, 0.25) is 0 Å². The van der Waals surface area contributed by atoms with E-state index in [1.165, 1.54) is 0 Å². The highest BCUT2D eigenvalue weighted by Crippen LogP contribution is 2.33. The minimum Gasteiger partial charge on any atom is -0.457 e. The number of benzene rings is 2. The normalized spacial score (nSPS) is 20.5. The lowest BCUT2D eigenvalue weighted by Crippen LogP contribution is -2.51. The van der Waals surface area contributed by atoms with E-state index in [1.54, 1.807) is 6.34 Å². The Kier molecular flexibility index (Phi) is 7.36. The van der Waals surface area contributed by atoms with Gasteiger partial charge in [-0.1, -0.05) is 0 Å². The molecule has 1 aliphatic rings. The van der Waals surface area contributed by atoms with E-state index in [2.05, 4.69) is 73.9 Å². The monoisotopic (exact) mass is 557 g/mol. The van der Waals surface area contributed by atoms with Crippen LogP contribution < -0.4 is 10.2 Å². The predicted molar refractivity (Wildman–Crippen MR) is 126 cm³/mol. The van der Waals surface area contributed by atoms with Gasteiger partial charge in [0.25, 0.3) is 0 Å². The second-order valence-corrected chi connectivity index (χ2v) is 9.15. The molecule has 0 radical (unpaired) electrons. The molecule has 28 heavy (non-hydrogen) atoms. The van der Waals surface area contributed by atoms with E-state index in [4.69, 9.17) is 9.47 Å². The zero-order chi connectivity index (χ0) is 20.3. The molecule has 0 aromatic heterocycles. The lowest BCUT2D eigenvalue weighted by molar-refractivity contribution is -0.0760. The second-order valence-electron chi connectivity index (χ2n) is 7.13. The van der Waals surface area contributed by atoms with Crippen LogP contribution in [0.15, 0.2) is 39.8 Å². The molecule has 1 heterocycles. The van der Waals surface area contributed by atoms with E-state index in [0.717, 1.165) is 49.4 Å². The summed E-state index contributed by atoms with van der Waals surface area (Å²) in [4.78, 5) is 4.60. The molecule has 1 aliphatic heterocycles. The Morgan fingerprint density at radius 2 is 1.89 bits per heavy atom. The summed E-state index contributed by atoms with van der Waals surface area (Å²) in [7, 11) is 0. The molecule has 0 amide bonds. The summed E-state index contributed by atoms with van der Waals surface area (Å²) in [5.41, 5.74) is 6.30. The summed E-state index contributed by atoms with van der Waals surface area (Å²) < 4.78 is 14.0. The van der Waals surface area contributed by atoms with Crippen molar-refractivity contribution in [3.8, 4) is 11.5 Å². The Bertz CT molecular complexity index is 865. The van der Waals surface area contributed by atoms with Gasteiger partial charge in [0.15, 0.2) is 0 Å². The molecule has 7 heteroatoms. The van der Waals surface area contributed by atoms with Gasteiger partial charge in [-0.15, -0.1) is 0 Å². The smallest absolute Gasteiger partial charge is 0.130 e. The fourth-order valence-corrected chi connectivity index (χ4v) is 3.85. The molecule has 1 fully saturated rings. The maximum atomic E-state index is 6.08. The topological polar surface area (TPSA) is 46.1 Å². The number of halogens is 2. The number of hydrogen-bond acceptors (Lipinski definition) is 4. The van der Waals surface area contributed by atoms with Crippen LogP contribution in [0.4, 0.5) is 5.69 Å². The summed E-state index contributed by atoms with van der Waals surface area (Å²) in [5.74, 6) is 1.65. The summed E-state index contributed by atoms with van der Waals surface area (Å²) in [6.45, 7) is 9.93. The van der Waals surface area contributed by atoms with Crippen LogP contribution in [0.25, 0.3) is 0 Å². The average Bonchev–Trinajstić information content (AvgIpc) is 2.61. The first-order valence-corrected chi connectivity index (χ1v) is 11.1. The van der Waals surface area contributed by atoms with Crippen LogP contribution in [0.3, 0.4) is 0 Å². The molecule has 0 spiro atoms. The highest BCUT2D eigenvalue weighted by molar-refractivity contribution is 14.1. The molecule has 5 nitrogen and oxygen atoms in total. The number of hydrogen-bond donors (Lipinski definition) is 1. The van der Waals surface area contributed by atoms with Crippen LogP contribution in [0.1, 0.15) is 25.0 Å². The Morgan fingerprint density at radius 1 is 1.18 bits per heavy atom. The summed E-state index contributed by atoms with van der Waals surface area (Å²) in [5, 5.41) is 2.14. The Labute approximate surface area is 188 Å². The first-order valence-electron chi connectivity index (χ1n) is 9.25. The van der Waals surface area contributed by atoms with Crippen molar-refractivity contribution < 1.29 is 9.47 Å². The SMILES string of the molecule is Cc1cc(Oc2ccc(I)c(Br)c2)c(C)cc1N=CNN1CC(C)OC(C)C1. The van der Waals surface area contributed by atoms with Crippen LogP contribution in [0, 0.1) is 17.4 Å². The minimum absolute atomic E-state index is 0.214. The fraction of sp³-hybridized carbons (Fsp3) is 0.381. The standard InChI is InChI=1S/C21H25BrIN3O2/c1-13-8-21(28-17-5-6-19(23)18(22)9-17)14(2)7-20(13)24-12-25-26-10-15(3)27-16(4)11-26/h5-9,12,15-16H,10-11H2,1-4H3,(H,24,25). The molecule has 2 aromatic carbocycles. The molecule has 1 N–H and O–H groups in total. The number of hydrazine groups is 1. The molecule has 3 rings (SSSR count). The van der Waals surface area contributed by atoms with E-state index < -0.39 is 0 Å². The molecule has 0 aliphatic carbocycles. The van der Waals surface area contributed by atoms with Gasteiger partial charge < -0.3 is 14.9 Å². The number of morpholine rings is 1. The molecular weight excluding hydrogens is 533 g/mol. The van der Waals surface area contributed by atoms with E-state index >= 15 is 0 Å². The maximum absolute atomic E-state index is 6.08. The van der Waals surface area contributed by atoms with Gasteiger partial charge in [-0.05, 0) is 108 Å². The average molecular weight is 558 g/mol. The number of rotatable bonds is 5. The first kappa shape index (κ1) is 21.5. The van der Waals surface area contributed by atoms with Crippen molar-refractivity contribution >= 4 is 50.5 Å². The van der Waals surface area contributed by atoms with Crippen LogP contribution in [0.5, 0.6) is 11.5 Å². The predicted octanol–water partition coefficient (Wildman–Crippen LogP) is 5.74. The van der Waals surface area contributed by atoms with Gasteiger partial charge in [-0.25, -0.2) is 10.0 Å². The lowest BCUT2D eigenvalue weighted by Gasteiger charge is -2.34. The van der Waals surface area contributed by atoms with Crippen molar-refractivity contribution in [1.82, 2.24) is 10.4 Å². The zero-order valence-corrected chi connectivity index (χ0v) is 20.2. The fourth-order valence-electron chi connectivity index (χ4n) is 3.15. The Morgan fingerprint density at radius 3 is 2.57 bits per heavy atom. The number of ether oxygens (including phenoxy) is 2. The quantitative estimate of drug-likeness (QED) is 0.289. The summed E-state index contributed by atoms with van der Waals surface area (Å²) in [6, 6.07) is 10.1. The number of aryl methyl sites for hydroxylation is 2. The number of aliphatic imine (C=N–C) groups is 1. The van der Waals surface area contributed by atoms with Crippen molar-refractivity contribution in [1.29, 1.82) is 0 Å². The largest absolute Gasteiger partial charge is 0.457 e. The highest BCUT2D eigenvalue weighted by atomic mass is 127. The summed E-state index contributed by atoms with van der Waals surface area (Å²) >= 11 is 5.83. The van der Waals surface area contributed by atoms with E-state index in [1.807, 2.05) is 38.1 Å². The Hall–Kier alpha value is -1.16. The van der Waals surface area contributed by atoms with Crippen LogP contribution >= 0.6 is 38.5 Å². The molecule has 0 saturated carbocycles. The highest BCUT2D eigenvalue weighted by Gasteiger charge is 2.21. The third-order valence-corrected chi connectivity index (χ3v) is 6.81. The van der Waals surface area contributed by atoms with Crippen LogP contribution in [-0.2, 0) is 4.74 Å². The van der Waals surface area contributed by atoms with Gasteiger partial charge >= 0.3 is 0 Å². The van der Waals surface area contributed by atoms with Crippen molar-refractivity contribution in [2.24, 2.45) is 4.99 Å². The number of nitrogens with zero attached hydrogens (tertiary/aromatic N) is 2. The molecule has 2 atom stereocenters. The third-order valence-electron chi connectivity index (χ3n) is 4.48. The van der Waals surface area contributed by atoms with E-state index in [-0.39, 0.29) is 12.2 Å². The third kappa shape index (κ3) is 5.68. The minimum atomic E-state index is 0.214. The zero-order valence-electron chi connectivity index (χ0n) is 16.5. The maximum Gasteiger partial charge on any atom is 0.130 e. The molecule has 2 unspecified atom stereocenters. The van der Waals surface area contributed by atoms with Crippen molar-refractivity contribution in [2.45, 2.75) is 39.9 Å². The molecule has 0 bridgehead atoms. The number of nitrogens with one attached hydrogen (secondary N) is 1. The molecule has 1 saturated heterocycles. The lowest BCUT2D eigenvalue weighted by atomic mass is 10.1. The first-order chi connectivity index (χ1) is 13.3. The van der Waals surface area contributed by atoms with Crippen molar-refractivity contribution in [3.63, 3.8) is 0 Å². The second kappa shape index (κ2) is 9.56. The van der Waals surface area contributed by atoms with E-state index in [9.17, 15) is 0 Å². The molecule has 2 aromatic rings. The van der Waals surface area contributed by atoms with Crippen molar-refractivity contribution in [2.75, 3.05) is 13.1 Å². The van der Waals surface area contributed by atoms with Gasteiger partial charge in [0.05, 0.1) is 17.9 Å². The van der Waals surface area contributed by atoms with Gasteiger partial charge in [0.2, 0.25) is 0 Å². The van der Waals surface area contributed by atoms with Gasteiger partial charge in [0.1, 0.15) is 17.8 Å². The molecule has 150 valence electrons. The summed E-state index contributed by atoms with van der Waals surface area (Å²) in [6.07, 6.45) is 2.18. The van der Waals surface area contributed by atoms with E-state index in [0.29, 0.717) is 0 Å². The van der Waals surface area contributed by atoms with Crippen molar-refractivity contribution in [3.05, 3.63) is 49.5 Å². The van der Waals surface area contributed by atoms with Gasteiger partial charge in [0, 0.05) is 21.1 Å². The molecular formula is C21H25BrIN3O2. The van der Waals surface area contributed by atoms with Gasteiger partial charge in [-0.2, -0.15) is 0 Å². The van der Waals surface area contributed by atoms with Gasteiger partial charge in [-0.3, -0.25) is 0 Å². The van der Waals surface area contributed by atoms with Crippen LogP contribution in [-0.4, -0.2) is 36.6 Å². The Balaban J connectivity index is 1.68.